The molecular formula is C12H24N2O. The highest BCUT2D eigenvalue weighted by Crippen LogP contribution is 2.16. The van der Waals surface area contributed by atoms with Crippen molar-refractivity contribution in [2.75, 3.05) is 32.8 Å². The van der Waals surface area contributed by atoms with Crippen LogP contribution in [0.25, 0.3) is 0 Å². The maximum Gasteiger partial charge on any atom is 0.0674 e. The molecule has 3 atom stereocenters. The Kier molecular flexibility index (Phi) is 4.00. The van der Waals surface area contributed by atoms with Gasteiger partial charge in [-0.05, 0) is 52.2 Å². The molecule has 0 spiro atoms. The molecule has 0 bridgehead atoms. The number of nitrogens with one attached hydrogen (secondary N) is 1. The Hall–Kier alpha value is -0.120. The lowest BCUT2D eigenvalue weighted by molar-refractivity contribution is -0.0505. The normalized spacial score (nSPS) is 38.4. The van der Waals surface area contributed by atoms with E-state index in [2.05, 4.69) is 24.1 Å². The van der Waals surface area contributed by atoms with Crippen LogP contribution in [-0.2, 0) is 4.74 Å². The van der Waals surface area contributed by atoms with Crippen LogP contribution in [0.5, 0.6) is 0 Å². The number of hydrogen-bond acceptors (Lipinski definition) is 3. The van der Waals surface area contributed by atoms with Gasteiger partial charge in [-0.2, -0.15) is 0 Å². The van der Waals surface area contributed by atoms with Crippen LogP contribution in [0.3, 0.4) is 0 Å². The lowest BCUT2D eigenvalue weighted by Crippen LogP contribution is -2.47. The Morgan fingerprint density at radius 1 is 1.40 bits per heavy atom. The molecule has 3 unspecified atom stereocenters. The Balaban J connectivity index is 1.72. The second-order valence-electron chi connectivity index (χ2n) is 5.14. The van der Waals surface area contributed by atoms with E-state index in [1.54, 1.807) is 0 Å². The number of ether oxygens (including phenoxy) is 1. The minimum absolute atomic E-state index is 0.419. The van der Waals surface area contributed by atoms with Crippen LogP contribution in [0.4, 0.5) is 0 Å². The van der Waals surface area contributed by atoms with Crippen molar-refractivity contribution in [3.8, 4) is 0 Å². The molecule has 0 aromatic heterocycles. The van der Waals surface area contributed by atoms with Crippen LogP contribution < -0.4 is 5.32 Å². The summed E-state index contributed by atoms with van der Waals surface area (Å²) < 4.78 is 5.64. The summed E-state index contributed by atoms with van der Waals surface area (Å²) in [6, 6.07) is 0.607. The van der Waals surface area contributed by atoms with Gasteiger partial charge in [0.05, 0.1) is 12.7 Å². The van der Waals surface area contributed by atoms with E-state index < -0.39 is 0 Å². The van der Waals surface area contributed by atoms with Crippen molar-refractivity contribution in [2.24, 2.45) is 5.92 Å². The van der Waals surface area contributed by atoms with Gasteiger partial charge < -0.3 is 10.1 Å². The zero-order valence-electron chi connectivity index (χ0n) is 10.0. The first kappa shape index (κ1) is 11.4. The maximum atomic E-state index is 5.64. The van der Waals surface area contributed by atoms with Gasteiger partial charge in [-0.15, -0.1) is 0 Å². The first-order valence-electron chi connectivity index (χ1n) is 6.32. The van der Waals surface area contributed by atoms with Gasteiger partial charge in [0.1, 0.15) is 0 Å². The zero-order chi connectivity index (χ0) is 10.7. The van der Waals surface area contributed by atoms with E-state index in [1.165, 1.54) is 32.5 Å². The fourth-order valence-corrected chi connectivity index (χ4v) is 2.59. The largest absolute Gasteiger partial charge is 0.376 e. The van der Waals surface area contributed by atoms with Crippen molar-refractivity contribution < 1.29 is 4.74 Å². The molecule has 2 rings (SSSR count). The second kappa shape index (κ2) is 5.28. The van der Waals surface area contributed by atoms with Gasteiger partial charge in [0.2, 0.25) is 0 Å². The molecule has 0 radical (unpaired) electrons. The third kappa shape index (κ3) is 3.16. The number of hydrogen-bond donors (Lipinski definition) is 1. The summed E-state index contributed by atoms with van der Waals surface area (Å²) in [7, 11) is 0. The predicted molar refractivity (Wildman–Crippen MR) is 62.0 cm³/mol. The van der Waals surface area contributed by atoms with Crippen molar-refractivity contribution in [3.05, 3.63) is 0 Å². The smallest absolute Gasteiger partial charge is 0.0674 e. The molecule has 2 saturated heterocycles. The number of rotatable bonds is 3. The highest BCUT2D eigenvalue weighted by atomic mass is 16.5. The third-order valence-electron chi connectivity index (χ3n) is 3.72. The Morgan fingerprint density at radius 3 is 3.00 bits per heavy atom. The molecule has 1 N–H and O–H groups in total. The van der Waals surface area contributed by atoms with Crippen LogP contribution in [0, 0.1) is 5.92 Å². The molecule has 2 aliphatic rings. The summed E-state index contributed by atoms with van der Waals surface area (Å²) in [6.07, 6.45) is 3.14. The predicted octanol–water partition coefficient (Wildman–Crippen LogP) is 1.10. The van der Waals surface area contributed by atoms with E-state index >= 15 is 0 Å². The number of morpholine rings is 1. The highest BCUT2D eigenvalue weighted by Gasteiger charge is 2.24. The third-order valence-corrected chi connectivity index (χ3v) is 3.72. The fourth-order valence-electron chi connectivity index (χ4n) is 2.59. The lowest BCUT2D eigenvalue weighted by Gasteiger charge is -2.37. The highest BCUT2D eigenvalue weighted by molar-refractivity contribution is 4.78. The molecule has 2 heterocycles. The van der Waals surface area contributed by atoms with Gasteiger partial charge in [-0.1, -0.05) is 0 Å². The summed E-state index contributed by atoms with van der Waals surface area (Å²) in [5, 5.41) is 3.44. The zero-order valence-corrected chi connectivity index (χ0v) is 10.0. The molecule has 2 fully saturated rings. The van der Waals surface area contributed by atoms with Gasteiger partial charge >= 0.3 is 0 Å². The van der Waals surface area contributed by atoms with E-state index in [4.69, 9.17) is 4.74 Å². The summed E-state index contributed by atoms with van der Waals surface area (Å²) >= 11 is 0. The molecule has 15 heavy (non-hydrogen) atoms. The Morgan fingerprint density at radius 2 is 2.27 bits per heavy atom. The van der Waals surface area contributed by atoms with Gasteiger partial charge in [-0.3, -0.25) is 4.90 Å². The quantitative estimate of drug-likeness (QED) is 0.758. The van der Waals surface area contributed by atoms with Crippen molar-refractivity contribution >= 4 is 0 Å². The average Bonchev–Trinajstić information content (AvgIpc) is 2.72. The van der Waals surface area contributed by atoms with Crippen molar-refractivity contribution in [2.45, 2.75) is 38.8 Å². The van der Waals surface area contributed by atoms with Gasteiger partial charge in [-0.25, -0.2) is 0 Å². The first-order chi connectivity index (χ1) is 7.25. The van der Waals surface area contributed by atoms with Crippen LogP contribution >= 0.6 is 0 Å². The molecule has 0 aromatic carbocycles. The summed E-state index contributed by atoms with van der Waals surface area (Å²) in [5.74, 6) is 0.912. The van der Waals surface area contributed by atoms with Gasteiger partial charge in [0.25, 0.3) is 0 Å². The SMILES string of the molecule is CC1CN(CCC2CCNC2)C(C)CO1. The standard InChI is InChI=1S/C12H24N2O/c1-10-9-15-11(2)8-14(10)6-4-12-3-5-13-7-12/h10-13H,3-9H2,1-2H3. The molecule has 0 amide bonds. The Labute approximate surface area is 93.2 Å². The van der Waals surface area contributed by atoms with Gasteiger partial charge in [0, 0.05) is 12.6 Å². The summed E-state index contributed by atoms with van der Waals surface area (Å²) in [4.78, 5) is 2.59. The topological polar surface area (TPSA) is 24.5 Å². The van der Waals surface area contributed by atoms with E-state index in [1.807, 2.05) is 0 Å². The number of nitrogens with zero attached hydrogens (tertiary/aromatic N) is 1. The first-order valence-corrected chi connectivity index (χ1v) is 6.32. The van der Waals surface area contributed by atoms with E-state index in [0.717, 1.165) is 19.1 Å². The van der Waals surface area contributed by atoms with E-state index in [-0.39, 0.29) is 0 Å². The monoisotopic (exact) mass is 212 g/mol. The maximum absolute atomic E-state index is 5.64. The molecule has 88 valence electrons. The van der Waals surface area contributed by atoms with Gasteiger partial charge in [0.15, 0.2) is 0 Å². The van der Waals surface area contributed by atoms with E-state index in [0.29, 0.717) is 12.1 Å². The molecule has 2 aliphatic heterocycles. The lowest BCUT2D eigenvalue weighted by atomic mass is 10.0. The van der Waals surface area contributed by atoms with Crippen LogP contribution in [-0.4, -0.2) is 49.8 Å². The molecule has 3 heteroatoms. The van der Waals surface area contributed by atoms with Crippen molar-refractivity contribution in [1.82, 2.24) is 10.2 Å². The van der Waals surface area contributed by atoms with Crippen molar-refractivity contribution in [1.29, 1.82) is 0 Å². The van der Waals surface area contributed by atoms with Crippen LogP contribution in [0.1, 0.15) is 26.7 Å². The second-order valence-corrected chi connectivity index (χ2v) is 5.14. The summed E-state index contributed by atoms with van der Waals surface area (Å²) in [5.41, 5.74) is 0. The average molecular weight is 212 g/mol. The fraction of sp³-hybridized carbons (Fsp3) is 1.00. The molecule has 0 aromatic rings. The molecule has 3 nitrogen and oxygen atoms in total. The minimum Gasteiger partial charge on any atom is -0.376 e. The molecule has 0 aliphatic carbocycles. The molecular weight excluding hydrogens is 188 g/mol. The van der Waals surface area contributed by atoms with Crippen molar-refractivity contribution in [3.63, 3.8) is 0 Å². The Bertz CT molecular complexity index is 192. The van der Waals surface area contributed by atoms with Crippen LogP contribution in [0.2, 0.25) is 0 Å². The minimum atomic E-state index is 0.419. The van der Waals surface area contributed by atoms with Crippen LogP contribution in [0.15, 0.2) is 0 Å². The van der Waals surface area contributed by atoms with E-state index in [9.17, 15) is 0 Å². The summed E-state index contributed by atoms with van der Waals surface area (Å²) in [6.45, 7) is 10.2. The molecule has 0 saturated carbocycles.